The molecule has 0 unspecified atom stereocenters. The number of carbonyl (C=O) groups is 3. The first-order valence-corrected chi connectivity index (χ1v) is 7.17. The molecule has 0 bridgehead atoms. The molecule has 6 nitrogen and oxygen atoms in total. The van der Waals surface area contributed by atoms with Crippen LogP contribution in [0.2, 0.25) is 0 Å². The van der Waals surface area contributed by atoms with E-state index in [9.17, 15) is 19.5 Å². The first-order valence-electron chi connectivity index (χ1n) is 7.17. The summed E-state index contributed by atoms with van der Waals surface area (Å²) in [5.41, 5.74) is 0.373. The summed E-state index contributed by atoms with van der Waals surface area (Å²) in [7, 11) is 1.39. The lowest BCUT2D eigenvalue weighted by Gasteiger charge is -2.18. The van der Waals surface area contributed by atoms with Gasteiger partial charge in [-0.1, -0.05) is 0 Å². The molecule has 1 aliphatic rings. The van der Waals surface area contributed by atoms with Crippen LogP contribution in [0.25, 0.3) is 10.8 Å². The number of ketones is 2. The number of ether oxygens (including phenoxy) is 2. The summed E-state index contributed by atoms with van der Waals surface area (Å²) in [5.74, 6) is -1.16. The largest absolute Gasteiger partial charge is 0.506 e. The lowest BCUT2D eigenvalue weighted by atomic mass is 9.87. The van der Waals surface area contributed by atoms with Crippen molar-refractivity contribution in [2.45, 2.75) is 13.8 Å². The highest BCUT2D eigenvalue weighted by molar-refractivity contribution is 6.27. The minimum absolute atomic E-state index is 0.0448. The van der Waals surface area contributed by atoms with Gasteiger partial charge >= 0.3 is 5.97 Å². The van der Waals surface area contributed by atoms with Gasteiger partial charge in [-0.2, -0.15) is 0 Å². The van der Waals surface area contributed by atoms with Gasteiger partial charge in [0.1, 0.15) is 17.2 Å². The Morgan fingerprint density at radius 2 is 1.88 bits per heavy atom. The van der Waals surface area contributed by atoms with Crippen molar-refractivity contribution in [2.75, 3.05) is 7.11 Å². The van der Waals surface area contributed by atoms with Crippen LogP contribution < -0.4 is 9.47 Å². The number of hydrogen-bond acceptors (Lipinski definition) is 6. The maximum Gasteiger partial charge on any atom is 0.308 e. The molecule has 2 aromatic rings. The number of phenolic OH excluding ortho intramolecular Hbond substituents is 1. The van der Waals surface area contributed by atoms with Gasteiger partial charge < -0.3 is 14.6 Å². The molecule has 0 aromatic heterocycles. The molecule has 122 valence electrons. The number of benzene rings is 2. The predicted molar refractivity (Wildman–Crippen MR) is 85.9 cm³/mol. The molecular formula is C18H14O6. The molecule has 0 spiro atoms. The summed E-state index contributed by atoms with van der Waals surface area (Å²) in [6.45, 7) is 2.80. The molecule has 0 heterocycles. The quantitative estimate of drug-likeness (QED) is 0.674. The lowest BCUT2D eigenvalue weighted by Crippen LogP contribution is -2.16. The van der Waals surface area contributed by atoms with Gasteiger partial charge in [-0.15, -0.1) is 0 Å². The van der Waals surface area contributed by atoms with E-state index in [-0.39, 0.29) is 39.5 Å². The smallest absolute Gasteiger partial charge is 0.308 e. The number of Topliss-reactive ketones (excluding diaryl/α,β-unsaturated/α-hetero) is 1. The fourth-order valence-corrected chi connectivity index (χ4v) is 2.82. The minimum atomic E-state index is -0.511. The molecule has 2 aromatic carbocycles. The van der Waals surface area contributed by atoms with Gasteiger partial charge in [0.2, 0.25) is 0 Å². The monoisotopic (exact) mass is 326 g/mol. The molecule has 0 fully saturated rings. The van der Waals surface area contributed by atoms with Crippen LogP contribution in [0.15, 0.2) is 29.8 Å². The van der Waals surface area contributed by atoms with E-state index < -0.39 is 11.8 Å². The average molecular weight is 326 g/mol. The van der Waals surface area contributed by atoms with Crippen LogP contribution in [0.3, 0.4) is 0 Å². The normalized spacial score (nSPS) is 13.5. The number of allylic oxidation sites excluding steroid dienone is 2. The summed E-state index contributed by atoms with van der Waals surface area (Å²) in [6, 6.07) is 4.44. The minimum Gasteiger partial charge on any atom is -0.506 e. The molecule has 0 saturated heterocycles. The molecule has 6 heteroatoms. The van der Waals surface area contributed by atoms with Crippen LogP contribution in [-0.2, 0) is 4.79 Å². The van der Waals surface area contributed by atoms with Crippen molar-refractivity contribution in [1.29, 1.82) is 0 Å². The first kappa shape index (κ1) is 15.7. The zero-order valence-corrected chi connectivity index (χ0v) is 13.3. The van der Waals surface area contributed by atoms with Gasteiger partial charge in [0.15, 0.2) is 11.6 Å². The zero-order valence-electron chi connectivity index (χ0n) is 13.3. The maximum absolute atomic E-state index is 12.3. The zero-order chi connectivity index (χ0) is 17.6. The van der Waals surface area contributed by atoms with E-state index in [4.69, 9.17) is 9.47 Å². The number of phenols is 1. The number of methoxy groups -OCH3 is 1. The van der Waals surface area contributed by atoms with Crippen molar-refractivity contribution in [3.05, 3.63) is 41.0 Å². The second kappa shape index (κ2) is 5.49. The molecule has 1 aliphatic carbocycles. The van der Waals surface area contributed by atoms with Crippen LogP contribution in [-0.4, -0.2) is 29.8 Å². The molecular weight excluding hydrogens is 312 g/mol. The maximum atomic E-state index is 12.3. The molecule has 0 saturated carbocycles. The Balaban J connectivity index is 2.37. The fraction of sp³-hybridized carbons (Fsp3) is 0.167. The lowest BCUT2D eigenvalue weighted by molar-refractivity contribution is -0.131. The number of fused-ring (bicyclic) bond motifs is 2. The Morgan fingerprint density at radius 3 is 2.50 bits per heavy atom. The van der Waals surface area contributed by atoms with E-state index in [1.54, 1.807) is 6.92 Å². The summed E-state index contributed by atoms with van der Waals surface area (Å²) in [5, 5.41) is 11.3. The number of hydrogen-bond donors (Lipinski definition) is 1. The number of esters is 1. The van der Waals surface area contributed by atoms with Gasteiger partial charge in [-0.25, -0.2) is 0 Å². The predicted octanol–water partition coefficient (Wildman–Crippen LogP) is 2.80. The molecule has 0 radical (unpaired) electrons. The fourth-order valence-electron chi connectivity index (χ4n) is 2.82. The van der Waals surface area contributed by atoms with E-state index in [0.717, 1.165) is 0 Å². The van der Waals surface area contributed by atoms with Gasteiger partial charge in [-0.3, -0.25) is 14.4 Å². The third-order valence-corrected chi connectivity index (χ3v) is 3.83. The summed E-state index contributed by atoms with van der Waals surface area (Å²) < 4.78 is 10.3. The third kappa shape index (κ3) is 2.32. The van der Waals surface area contributed by atoms with Crippen molar-refractivity contribution < 1.29 is 29.0 Å². The highest BCUT2D eigenvalue weighted by Crippen LogP contribution is 2.42. The number of carbonyl (C=O) groups excluding carboxylic acids is 3. The van der Waals surface area contributed by atoms with Crippen molar-refractivity contribution in [2.24, 2.45) is 0 Å². The van der Waals surface area contributed by atoms with Gasteiger partial charge in [0.05, 0.1) is 18.1 Å². The van der Waals surface area contributed by atoms with Crippen LogP contribution >= 0.6 is 0 Å². The number of rotatable bonds is 2. The summed E-state index contributed by atoms with van der Waals surface area (Å²) in [6.07, 6.45) is 1.20. The number of aromatic hydroxyl groups is 1. The van der Waals surface area contributed by atoms with Crippen LogP contribution in [0.1, 0.15) is 34.6 Å². The van der Waals surface area contributed by atoms with E-state index in [1.165, 1.54) is 38.3 Å². The second-order valence-corrected chi connectivity index (χ2v) is 5.49. The summed E-state index contributed by atoms with van der Waals surface area (Å²) in [4.78, 5) is 35.7. The van der Waals surface area contributed by atoms with Gasteiger partial charge in [0, 0.05) is 24.1 Å². The molecule has 24 heavy (non-hydrogen) atoms. The SMILES string of the molecule is COc1cc(OC(C)=O)cc2cc3c(c(O)c12)C(=O)C=C(C)C3=O. The van der Waals surface area contributed by atoms with E-state index in [1.807, 2.05) is 0 Å². The van der Waals surface area contributed by atoms with E-state index in [0.29, 0.717) is 11.0 Å². The highest BCUT2D eigenvalue weighted by atomic mass is 16.5. The molecule has 0 amide bonds. The Morgan fingerprint density at radius 1 is 1.17 bits per heavy atom. The Kier molecular flexibility index (Phi) is 3.60. The molecule has 0 aliphatic heterocycles. The first-order chi connectivity index (χ1) is 11.3. The Bertz CT molecular complexity index is 952. The molecule has 1 N–H and O–H groups in total. The standard InChI is InChI=1S/C18H14O6/c1-8-4-13(20)16-12(17(8)21)6-10-5-11(24-9(2)19)7-14(23-3)15(10)18(16)22/h4-7,22H,1-3H3. The van der Waals surface area contributed by atoms with Crippen LogP contribution in [0.4, 0.5) is 0 Å². The second-order valence-electron chi connectivity index (χ2n) is 5.49. The van der Waals surface area contributed by atoms with Crippen molar-refractivity contribution in [3.63, 3.8) is 0 Å². The van der Waals surface area contributed by atoms with Crippen molar-refractivity contribution >= 4 is 28.3 Å². The van der Waals surface area contributed by atoms with Crippen molar-refractivity contribution in [1.82, 2.24) is 0 Å². The molecule has 3 rings (SSSR count). The van der Waals surface area contributed by atoms with Crippen LogP contribution in [0, 0.1) is 0 Å². The average Bonchev–Trinajstić information content (AvgIpc) is 2.50. The third-order valence-electron chi connectivity index (χ3n) is 3.83. The van der Waals surface area contributed by atoms with E-state index in [2.05, 4.69) is 0 Å². The van der Waals surface area contributed by atoms with Crippen LogP contribution in [0.5, 0.6) is 17.2 Å². The van der Waals surface area contributed by atoms with Crippen molar-refractivity contribution in [3.8, 4) is 17.2 Å². The topological polar surface area (TPSA) is 89.9 Å². The Labute approximate surface area is 137 Å². The molecule has 0 atom stereocenters. The summed E-state index contributed by atoms with van der Waals surface area (Å²) >= 11 is 0. The van der Waals surface area contributed by atoms with Gasteiger partial charge in [0.25, 0.3) is 0 Å². The Hall–Kier alpha value is -3.15. The van der Waals surface area contributed by atoms with E-state index >= 15 is 0 Å². The van der Waals surface area contributed by atoms with Gasteiger partial charge in [-0.05, 0) is 30.5 Å². The highest BCUT2D eigenvalue weighted by Gasteiger charge is 2.29.